The van der Waals surface area contributed by atoms with Crippen LogP contribution in [-0.2, 0) is 26.6 Å². The van der Waals surface area contributed by atoms with Crippen LogP contribution in [0.4, 0.5) is 4.79 Å². The highest BCUT2D eigenvalue weighted by molar-refractivity contribution is 7.09. The molecule has 6 nitrogen and oxygen atoms in total. The molecule has 0 fully saturated rings. The molecule has 2 aromatic heterocycles. The van der Waals surface area contributed by atoms with E-state index in [9.17, 15) is 4.79 Å². The average molecular weight is 343 g/mol. The fourth-order valence-corrected chi connectivity index (χ4v) is 3.25. The smallest absolute Gasteiger partial charge is 0.315 e. The molecule has 0 saturated carbocycles. The van der Waals surface area contributed by atoms with E-state index < -0.39 is 0 Å². The Hall–Kier alpha value is -2.41. The Morgan fingerprint density at radius 1 is 1.25 bits per heavy atom. The van der Waals surface area contributed by atoms with Crippen molar-refractivity contribution in [2.45, 2.75) is 33.4 Å². The van der Waals surface area contributed by atoms with E-state index in [4.69, 9.17) is 0 Å². The van der Waals surface area contributed by atoms with E-state index in [1.165, 1.54) is 5.56 Å². The van der Waals surface area contributed by atoms with Gasteiger partial charge in [-0.1, -0.05) is 13.0 Å². The van der Waals surface area contributed by atoms with Gasteiger partial charge < -0.3 is 15.2 Å². The summed E-state index contributed by atoms with van der Waals surface area (Å²) < 4.78 is 2.00. The van der Waals surface area contributed by atoms with Crippen molar-refractivity contribution in [3.63, 3.8) is 0 Å². The van der Waals surface area contributed by atoms with E-state index >= 15 is 0 Å². The molecule has 2 N–H and O–H groups in total. The Balaban J connectivity index is 1.57. The number of fused-ring (bicyclic) bond motifs is 1. The van der Waals surface area contributed by atoms with E-state index in [0.29, 0.717) is 13.1 Å². The second-order valence-electron chi connectivity index (χ2n) is 5.70. The van der Waals surface area contributed by atoms with Gasteiger partial charge in [-0.05, 0) is 31.0 Å². The number of imidazole rings is 1. The minimum Gasteiger partial charge on any atom is -0.332 e. The van der Waals surface area contributed by atoms with Crippen molar-refractivity contribution < 1.29 is 4.79 Å². The van der Waals surface area contributed by atoms with Crippen molar-refractivity contribution in [2.75, 3.05) is 0 Å². The van der Waals surface area contributed by atoms with Crippen molar-refractivity contribution in [1.29, 1.82) is 0 Å². The molecule has 0 atom stereocenters. The molecule has 1 aromatic carbocycles. The number of hydrogen-bond donors (Lipinski definition) is 2. The Labute approximate surface area is 144 Å². The first-order chi connectivity index (χ1) is 11.6. The molecule has 0 aliphatic carbocycles. The zero-order valence-corrected chi connectivity index (χ0v) is 14.9. The molecular weight excluding hydrogens is 322 g/mol. The van der Waals surface area contributed by atoms with Gasteiger partial charge in [-0.2, -0.15) is 0 Å². The number of aryl methyl sites for hydroxylation is 3. The predicted octanol–water partition coefficient (Wildman–Crippen LogP) is 2.90. The average Bonchev–Trinajstić information content (AvgIpc) is 3.15. The standard InChI is InChI=1S/C17H21N5OS/c1-4-16-20-12(10-24-16)8-18-17(23)19-9-15-21-13-7-11(2)5-6-14(13)22(15)3/h5-7,10H,4,8-9H2,1-3H3,(H2,18,19,23). The molecule has 126 valence electrons. The second-order valence-corrected chi connectivity index (χ2v) is 6.64. The van der Waals surface area contributed by atoms with E-state index in [-0.39, 0.29) is 6.03 Å². The lowest BCUT2D eigenvalue weighted by molar-refractivity contribution is 0.239. The maximum absolute atomic E-state index is 12.0. The Kier molecular flexibility index (Phi) is 4.80. The Morgan fingerprint density at radius 2 is 2.04 bits per heavy atom. The zero-order chi connectivity index (χ0) is 17.1. The highest BCUT2D eigenvalue weighted by Gasteiger charge is 2.09. The zero-order valence-electron chi connectivity index (χ0n) is 14.1. The number of hydrogen-bond acceptors (Lipinski definition) is 4. The summed E-state index contributed by atoms with van der Waals surface area (Å²) in [5, 5.41) is 8.74. The molecule has 0 unspecified atom stereocenters. The first-order valence-corrected chi connectivity index (χ1v) is 8.81. The van der Waals surface area contributed by atoms with Gasteiger partial charge in [0.1, 0.15) is 5.82 Å². The van der Waals surface area contributed by atoms with Gasteiger partial charge in [-0.15, -0.1) is 11.3 Å². The van der Waals surface area contributed by atoms with Crippen LogP contribution in [0.25, 0.3) is 11.0 Å². The maximum Gasteiger partial charge on any atom is 0.315 e. The molecule has 3 rings (SSSR count). The molecule has 3 aromatic rings. The molecule has 0 aliphatic rings. The van der Waals surface area contributed by atoms with E-state index in [1.807, 2.05) is 30.0 Å². The number of amides is 2. The number of thiazole rings is 1. The fraction of sp³-hybridized carbons (Fsp3) is 0.353. The number of nitrogens with one attached hydrogen (secondary N) is 2. The molecule has 24 heavy (non-hydrogen) atoms. The highest BCUT2D eigenvalue weighted by Crippen LogP contribution is 2.16. The summed E-state index contributed by atoms with van der Waals surface area (Å²) in [6.07, 6.45) is 0.920. The Bertz CT molecular complexity index is 867. The molecule has 0 spiro atoms. The Morgan fingerprint density at radius 3 is 2.79 bits per heavy atom. The molecule has 0 bridgehead atoms. The molecule has 7 heteroatoms. The normalized spacial score (nSPS) is 11.0. The largest absolute Gasteiger partial charge is 0.332 e. The minimum absolute atomic E-state index is 0.218. The lowest BCUT2D eigenvalue weighted by atomic mass is 10.2. The van der Waals surface area contributed by atoms with Crippen molar-refractivity contribution in [2.24, 2.45) is 7.05 Å². The van der Waals surface area contributed by atoms with Crippen LogP contribution in [0.15, 0.2) is 23.6 Å². The molecular formula is C17H21N5OS. The third-order valence-corrected chi connectivity index (χ3v) is 4.91. The minimum atomic E-state index is -0.218. The number of carbonyl (C=O) groups excluding carboxylic acids is 1. The predicted molar refractivity (Wildman–Crippen MR) is 96.0 cm³/mol. The van der Waals surface area contributed by atoms with Crippen LogP contribution in [0.2, 0.25) is 0 Å². The van der Waals surface area contributed by atoms with Gasteiger partial charge in [0.2, 0.25) is 0 Å². The van der Waals surface area contributed by atoms with Gasteiger partial charge in [0.05, 0.1) is 34.8 Å². The van der Waals surface area contributed by atoms with Gasteiger partial charge in [0, 0.05) is 12.4 Å². The van der Waals surface area contributed by atoms with Crippen molar-refractivity contribution >= 4 is 28.4 Å². The van der Waals surface area contributed by atoms with Crippen molar-refractivity contribution in [3.05, 3.63) is 45.7 Å². The van der Waals surface area contributed by atoms with E-state index in [1.54, 1.807) is 11.3 Å². The SMILES string of the molecule is CCc1nc(CNC(=O)NCc2nc3cc(C)ccc3n2C)cs1. The van der Waals surface area contributed by atoms with Crippen LogP contribution in [0.3, 0.4) is 0 Å². The van der Waals surface area contributed by atoms with Crippen molar-refractivity contribution in [3.8, 4) is 0 Å². The summed E-state index contributed by atoms with van der Waals surface area (Å²) in [6, 6.07) is 5.94. The number of rotatable bonds is 5. The maximum atomic E-state index is 12.0. The number of benzene rings is 1. The van der Waals surface area contributed by atoms with Gasteiger partial charge in [0.25, 0.3) is 0 Å². The van der Waals surface area contributed by atoms with Crippen LogP contribution in [0.5, 0.6) is 0 Å². The third-order valence-electron chi connectivity index (χ3n) is 3.87. The monoisotopic (exact) mass is 343 g/mol. The summed E-state index contributed by atoms with van der Waals surface area (Å²) in [6.45, 7) is 4.93. The number of carbonyl (C=O) groups is 1. The van der Waals surface area contributed by atoms with Gasteiger partial charge in [-0.3, -0.25) is 0 Å². The topological polar surface area (TPSA) is 71.8 Å². The summed E-state index contributed by atoms with van der Waals surface area (Å²) in [7, 11) is 1.96. The summed E-state index contributed by atoms with van der Waals surface area (Å²) in [5.74, 6) is 0.827. The number of nitrogens with zero attached hydrogens (tertiary/aromatic N) is 3. The van der Waals surface area contributed by atoms with Crippen LogP contribution >= 0.6 is 11.3 Å². The fourth-order valence-electron chi connectivity index (χ4n) is 2.50. The number of urea groups is 1. The van der Waals surface area contributed by atoms with Gasteiger partial charge in [-0.25, -0.2) is 14.8 Å². The van der Waals surface area contributed by atoms with E-state index in [0.717, 1.165) is 34.0 Å². The number of aromatic nitrogens is 3. The van der Waals surface area contributed by atoms with Crippen molar-refractivity contribution in [1.82, 2.24) is 25.2 Å². The first kappa shape index (κ1) is 16.4. The lowest BCUT2D eigenvalue weighted by Gasteiger charge is -2.06. The first-order valence-electron chi connectivity index (χ1n) is 7.93. The quantitative estimate of drug-likeness (QED) is 0.748. The second kappa shape index (κ2) is 7.00. The van der Waals surface area contributed by atoms with Crippen LogP contribution in [-0.4, -0.2) is 20.6 Å². The highest BCUT2D eigenvalue weighted by atomic mass is 32.1. The summed E-state index contributed by atoms with van der Waals surface area (Å²) in [5.41, 5.74) is 4.08. The third kappa shape index (κ3) is 3.56. The van der Waals surface area contributed by atoms with Gasteiger partial charge >= 0.3 is 6.03 Å². The van der Waals surface area contributed by atoms with E-state index in [2.05, 4.69) is 39.7 Å². The summed E-state index contributed by atoms with van der Waals surface area (Å²) >= 11 is 1.62. The molecule has 0 saturated heterocycles. The van der Waals surface area contributed by atoms with Gasteiger partial charge in [0.15, 0.2) is 0 Å². The molecule has 0 aliphatic heterocycles. The van der Waals surface area contributed by atoms with Crippen LogP contribution < -0.4 is 10.6 Å². The molecule has 2 heterocycles. The lowest BCUT2D eigenvalue weighted by Crippen LogP contribution is -2.35. The molecule has 2 amide bonds. The molecule has 0 radical (unpaired) electrons. The van der Waals surface area contributed by atoms with Crippen LogP contribution in [0, 0.1) is 6.92 Å². The summed E-state index contributed by atoms with van der Waals surface area (Å²) in [4.78, 5) is 21.0. The van der Waals surface area contributed by atoms with Crippen LogP contribution in [0.1, 0.15) is 29.0 Å².